The van der Waals surface area contributed by atoms with Crippen LogP contribution in [0.1, 0.15) is 31.3 Å². The SMILES string of the molecule is CCn1ncc([N+](=O)[O-])c1C(=O)NCC(C)C. The monoisotopic (exact) mass is 240 g/mol. The molecule has 17 heavy (non-hydrogen) atoms. The van der Waals surface area contributed by atoms with Crippen LogP contribution in [0, 0.1) is 16.0 Å². The smallest absolute Gasteiger partial charge is 0.320 e. The van der Waals surface area contributed by atoms with Crippen LogP contribution in [-0.2, 0) is 6.54 Å². The predicted molar refractivity (Wildman–Crippen MR) is 61.7 cm³/mol. The van der Waals surface area contributed by atoms with Gasteiger partial charge in [0.15, 0.2) is 0 Å². The maximum atomic E-state index is 11.8. The average molecular weight is 240 g/mol. The first-order valence-electron chi connectivity index (χ1n) is 5.45. The molecular weight excluding hydrogens is 224 g/mol. The Morgan fingerprint density at radius 1 is 1.65 bits per heavy atom. The summed E-state index contributed by atoms with van der Waals surface area (Å²) in [6.45, 7) is 6.57. The van der Waals surface area contributed by atoms with Gasteiger partial charge in [0, 0.05) is 13.1 Å². The minimum Gasteiger partial charge on any atom is -0.350 e. The van der Waals surface area contributed by atoms with E-state index in [2.05, 4.69) is 10.4 Å². The second-order valence-electron chi connectivity index (χ2n) is 4.06. The number of nitrogens with zero attached hydrogens (tertiary/aromatic N) is 3. The highest BCUT2D eigenvalue weighted by Crippen LogP contribution is 2.17. The zero-order chi connectivity index (χ0) is 13.0. The van der Waals surface area contributed by atoms with Gasteiger partial charge < -0.3 is 5.32 Å². The number of aryl methyl sites for hydroxylation is 1. The van der Waals surface area contributed by atoms with Crippen LogP contribution in [-0.4, -0.2) is 27.2 Å². The van der Waals surface area contributed by atoms with Gasteiger partial charge in [0.2, 0.25) is 5.69 Å². The van der Waals surface area contributed by atoms with Crippen LogP contribution in [0.3, 0.4) is 0 Å². The summed E-state index contributed by atoms with van der Waals surface area (Å²) >= 11 is 0. The number of hydrogen-bond donors (Lipinski definition) is 1. The van der Waals surface area contributed by atoms with Gasteiger partial charge in [-0.1, -0.05) is 13.8 Å². The number of carbonyl (C=O) groups is 1. The molecule has 1 aromatic rings. The molecule has 0 bridgehead atoms. The Labute approximate surface area is 99.0 Å². The van der Waals surface area contributed by atoms with E-state index in [9.17, 15) is 14.9 Å². The number of amides is 1. The molecule has 0 fully saturated rings. The van der Waals surface area contributed by atoms with Gasteiger partial charge in [-0.25, -0.2) is 0 Å². The predicted octanol–water partition coefficient (Wildman–Crippen LogP) is 1.20. The van der Waals surface area contributed by atoms with Gasteiger partial charge >= 0.3 is 5.69 Å². The topological polar surface area (TPSA) is 90.1 Å². The zero-order valence-corrected chi connectivity index (χ0v) is 10.1. The Balaban J connectivity index is 2.97. The van der Waals surface area contributed by atoms with E-state index in [0.29, 0.717) is 13.1 Å². The average Bonchev–Trinajstić information content (AvgIpc) is 2.69. The molecule has 0 aliphatic heterocycles. The lowest BCUT2D eigenvalue weighted by Gasteiger charge is -2.08. The molecule has 1 heterocycles. The fourth-order valence-corrected chi connectivity index (χ4v) is 1.36. The maximum Gasteiger partial charge on any atom is 0.320 e. The van der Waals surface area contributed by atoms with Gasteiger partial charge in [-0.15, -0.1) is 0 Å². The van der Waals surface area contributed by atoms with Crippen LogP contribution >= 0.6 is 0 Å². The van der Waals surface area contributed by atoms with Gasteiger partial charge in [0.1, 0.15) is 6.20 Å². The molecule has 0 unspecified atom stereocenters. The quantitative estimate of drug-likeness (QED) is 0.618. The van der Waals surface area contributed by atoms with Crippen molar-refractivity contribution in [3.05, 3.63) is 22.0 Å². The lowest BCUT2D eigenvalue weighted by Crippen LogP contribution is -2.30. The molecule has 7 heteroatoms. The summed E-state index contributed by atoms with van der Waals surface area (Å²) in [5.74, 6) is -0.166. The number of nitro groups is 1. The fraction of sp³-hybridized carbons (Fsp3) is 0.600. The van der Waals surface area contributed by atoms with E-state index in [-0.39, 0.29) is 17.3 Å². The lowest BCUT2D eigenvalue weighted by molar-refractivity contribution is -0.385. The van der Waals surface area contributed by atoms with Crippen molar-refractivity contribution >= 4 is 11.6 Å². The number of carbonyl (C=O) groups excluding carboxylic acids is 1. The van der Waals surface area contributed by atoms with Crippen LogP contribution in [0.15, 0.2) is 6.20 Å². The molecule has 1 N–H and O–H groups in total. The molecule has 0 aliphatic rings. The molecule has 1 amide bonds. The van der Waals surface area contributed by atoms with Crippen molar-refractivity contribution < 1.29 is 9.72 Å². The second-order valence-corrected chi connectivity index (χ2v) is 4.06. The van der Waals surface area contributed by atoms with Gasteiger partial charge in [-0.2, -0.15) is 5.10 Å². The van der Waals surface area contributed by atoms with E-state index in [1.54, 1.807) is 6.92 Å². The molecule has 0 aromatic carbocycles. The first-order valence-corrected chi connectivity index (χ1v) is 5.45. The highest BCUT2D eigenvalue weighted by Gasteiger charge is 2.25. The van der Waals surface area contributed by atoms with Crippen molar-refractivity contribution in [3.63, 3.8) is 0 Å². The third-order valence-electron chi connectivity index (χ3n) is 2.20. The molecule has 0 aliphatic carbocycles. The fourth-order valence-electron chi connectivity index (χ4n) is 1.36. The summed E-state index contributed by atoms with van der Waals surface area (Å²) in [7, 11) is 0. The van der Waals surface area contributed by atoms with Gasteiger partial charge in [0.25, 0.3) is 5.91 Å². The van der Waals surface area contributed by atoms with Crippen molar-refractivity contribution in [3.8, 4) is 0 Å². The summed E-state index contributed by atoms with van der Waals surface area (Å²) in [6, 6.07) is 0. The minimum atomic E-state index is -0.594. The van der Waals surface area contributed by atoms with Crippen molar-refractivity contribution in [2.45, 2.75) is 27.3 Å². The van der Waals surface area contributed by atoms with Crippen molar-refractivity contribution in [1.82, 2.24) is 15.1 Å². The normalized spacial score (nSPS) is 10.6. The molecule has 7 nitrogen and oxygen atoms in total. The van der Waals surface area contributed by atoms with Crippen molar-refractivity contribution in [1.29, 1.82) is 0 Å². The third kappa shape index (κ3) is 3.02. The summed E-state index contributed by atoms with van der Waals surface area (Å²) < 4.78 is 1.33. The molecule has 1 rings (SSSR count). The van der Waals surface area contributed by atoms with E-state index in [0.717, 1.165) is 6.20 Å². The molecule has 0 saturated carbocycles. The first-order chi connectivity index (χ1) is 7.97. The van der Waals surface area contributed by atoms with Crippen LogP contribution in [0.25, 0.3) is 0 Å². The van der Waals surface area contributed by atoms with Crippen molar-refractivity contribution in [2.75, 3.05) is 6.54 Å². The molecular formula is C10H16N4O3. The zero-order valence-electron chi connectivity index (χ0n) is 10.1. The molecule has 0 atom stereocenters. The largest absolute Gasteiger partial charge is 0.350 e. The Morgan fingerprint density at radius 3 is 2.76 bits per heavy atom. The van der Waals surface area contributed by atoms with Crippen LogP contribution in [0.5, 0.6) is 0 Å². The Hall–Kier alpha value is -1.92. The van der Waals surface area contributed by atoms with Gasteiger partial charge in [0.05, 0.1) is 4.92 Å². The Morgan fingerprint density at radius 2 is 2.29 bits per heavy atom. The van der Waals surface area contributed by atoms with Crippen LogP contribution in [0.2, 0.25) is 0 Å². The first kappa shape index (κ1) is 13.1. The molecule has 1 aromatic heterocycles. The minimum absolute atomic E-state index is 0.0122. The third-order valence-corrected chi connectivity index (χ3v) is 2.20. The Kier molecular flexibility index (Phi) is 4.19. The maximum absolute atomic E-state index is 11.8. The van der Waals surface area contributed by atoms with Crippen LogP contribution < -0.4 is 5.32 Å². The summed E-state index contributed by atoms with van der Waals surface area (Å²) in [6.07, 6.45) is 1.10. The van der Waals surface area contributed by atoms with Crippen LogP contribution in [0.4, 0.5) is 5.69 Å². The molecule has 0 saturated heterocycles. The molecule has 0 spiro atoms. The number of aromatic nitrogens is 2. The lowest BCUT2D eigenvalue weighted by atomic mass is 10.2. The molecule has 94 valence electrons. The number of rotatable bonds is 5. The van der Waals surface area contributed by atoms with E-state index in [1.165, 1.54) is 4.68 Å². The Bertz CT molecular complexity index is 425. The van der Waals surface area contributed by atoms with Gasteiger partial charge in [-0.05, 0) is 12.8 Å². The van der Waals surface area contributed by atoms with E-state index in [1.807, 2.05) is 13.8 Å². The summed E-state index contributed by atoms with van der Waals surface area (Å²) in [5.41, 5.74) is -0.244. The second kappa shape index (κ2) is 5.42. The standard InChI is InChI=1S/C10H16N4O3/c1-4-13-9(8(6-12-13)14(16)17)10(15)11-5-7(2)3/h6-7H,4-5H2,1-3H3,(H,11,15). The van der Waals surface area contributed by atoms with E-state index in [4.69, 9.17) is 0 Å². The van der Waals surface area contributed by atoms with Crippen molar-refractivity contribution in [2.24, 2.45) is 5.92 Å². The summed E-state index contributed by atoms with van der Waals surface area (Å²) in [5, 5.41) is 17.2. The number of nitrogens with one attached hydrogen (secondary N) is 1. The summed E-state index contributed by atoms with van der Waals surface area (Å²) in [4.78, 5) is 22.0. The number of hydrogen-bond acceptors (Lipinski definition) is 4. The van der Waals surface area contributed by atoms with Gasteiger partial charge in [-0.3, -0.25) is 19.6 Å². The molecule has 0 radical (unpaired) electrons. The van der Waals surface area contributed by atoms with E-state index < -0.39 is 10.8 Å². The van der Waals surface area contributed by atoms with E-state index >= 15 is 0 Å². The highest BCUT2D eigenvalue weighted by atomic mass is 16.6. The highest BCUT2D eigenvalue weighted by molar-refractivity contribution is 5.96.